The number of imidazole rings is 1. The van der Waals surface area contributed by atoms with Crippen molar-refractivity contribution in [2.75, 3.05) is 0 Å². The summed E-state index contributed by atoms with van der Waals surface area (Å²) < 4.78 is 113. The van der Waals surface area contributed by atoms with Crippen LogP contribution in [0.25, 0.3) is 0 Å². The van der Waals surface area contributed by atoms with Gasteiger partial charge in [0.2, 0.25) is 6.33 Å². The standard InChI is InChI=1S/C8H6F9N2/c1-18-2-3-19(4-18)8(16,17)6(11,12)5(9,10)7(13,14)15/h2-4H,1H3/q+1. The Morgan fingerprint density at radius 1 is 0.842 bits per heavy atom. The van der Waals surface area contributed by atoms with E-state index in [0.717, 1.165) is 17.8 Å². The molecular formula is C8H6F9N2+. The molecule has 1 heterocycles. The van der Waals surface area contributed by atoms with E-state index < -0.39 is 28.6 Å². The van der Waals surface area contributed by atoms with Gasteiger partial charge in [-0.2, -0.15) is 44.1 Å². The number of hydrogen-bond donors (Lipinski definition) is 0. The molecule has 0 amide bonds. The van der Waals surface area contributed by atoms with Gasteiger partial charge in [-0.25, -0.2) is 4.57 Å². The summed E-state index contributed by atoms with van der Waals surface area (Å²) >= 11 is 0. The van der Waals surface area contributed by atoms with Crippen LogP contribution in [0.3, 0.4) is 0 Å². The third kappa shape index (κ3) is 2.14. The predicted molar refractivity (Wildman–Crippen MR) is 41.7 cm³/mol. The monoisotopic (exact) mass is 301 g/mol. The lowest BCUT2D eigenvalue weighted by atomic mass is 10.1. The van der Waals surface area contributed by atoms with Crippen molar-refractivity contribution >= 4 is 0 Å². The summed E-state index contributed by atoms with van der Waals surface area (Å²) in [5.74, 6) is -13.5. The molecule has 0 aliphatic rings. The Balaban J connectivity index is 3.33. The third-order valence-electron chi connectivity index (χ3n) is 2.22. The summed E-state index contributed by atoms with van der Waals surface area (Å²) in [6.45, 7) is 0. The quantitative estimate of drug-likeness (QED) is 0.599. The minimum absolute atomic E-state index is 0.250. The van der Waals surface area contributed by atoms with Gasteiger partial charge in [0.15, 0.2) is 0 Å². The highest BCUT2D eigenvalue weighted by molar-refractivity contribution is 4.98. The van der Waals surface area contributed by atoms with Crippen LogP contribution in [0, 0.1) is 0 Å². The van der Waals surface area contributed by atoms with Gasteiger partial charge in [-0.1, -0.05) is 0 Å². The highest BCUT2D eigenvalue weighted by Crippen LogP contribution is 2.54. The van der Waals surface area contributed by atoms with Crippen molar-refractivity contribution in [3.63, 3.8) is 0 Å². The second kappa shape index (κ2) is 4.04. The average molecular weight is 301 g/mol. The van der Waals surface area contributed by atoms with E-state index in [-0.39, 0.29) is 12.5 Å². The average Bonchev–Trinajstić information content (AvgIpc) is 2.63. The highest BCUT2D eigenvalue weighted by atomic mass is 19.4. The molecule has 110 valence electrons. The van der Waals surface area contributed by atoms with Crippen LogP contribution >= 0.6 is 0 Å². The molecular weight excluding hydrogens is 295 g/mol. The molecule has 0 unspecified atom stereocenters. The summed E-state index contributed by atoms with van der Waals surface area (Å²) in [5, 5.41) is 0. The van der Waals surface area contributed by atoms with Gasteiger partial charge < -0.3 is 0 Å². The van der Waals surface area contributed by atoms with E-state index in [1.807, 2.05) is 0 Å². The summed E-state index contributed by atoms with van der Waals surface area (Å²) in [6.07, 6.45) is -5.54. The van der Waals surface area contributed by atoms with Crippen LogP contribution in [0.15, 0.2) is 18.7 Å². The number of nitrogens with zero attached hydrogens (tertiary/aromatic N) is 2. The molecule has 0 N–H and O–H groups in total. The number of rotatable bonds is 3. The maximum atomic E-state index is 13.2. The van der Waals surface area contributed by atoms with Gasteiger partial charge in [0.1, 0.15) is 12.4 Å². The topological polar surface area (TPSA) is 8.81 Å². The summed E-state index contributed by atoms with van der Waals surface area (Å²) in [4.78, 5) is 0. The van der Waals surface area contributed by atoms with E-state index in [1.165, 1.54) is 0 Å². The molecule has 0 saturated heterocycles. The molecule has 2 nitrogen and oxygen atoms in total. The zero-order valence-corrected chi connectivity index (χ0v) is 9.03. The molecule has 1 rings (SSSR count). The molecule has 0 aliphatic carbocycles. The van der Waals surface area contributed by atoms with Crippen LogP contribution in [-0.2, 0) is 13.1 Å². The van der Waals surface area contributed by atoms with E-state index >= 15 is 0 Å². The Bertz CT molecular complexity index is 459. The van der Waals surface area contributed by atoms with Gasteiger partial charge in [-0.15, -0.1) is 0 Å². The first-order valence-corrected chi connectivity index (χ1v) is 4.49. The first-order chi connectivity index (χ1) is 8.25. The Hall–Kier alpha value is -1.42. The van der Waals surface area contributed by atoms with Crippen molar-refractivity contribution in [1.29, 1.82) is 0 Å². The number of aromatic nitrogens is 2. The minimum atomic E-state index is -6.88. The lowest BCUT2D eigenvalue weighted by Gasteiger charge is -2.31. The molecule has 11 heteroatoms. The molecule has 1 aromatic rings. The Morgan fingerprint density at radius 2 is 1.32 bits per heavy atom. The predicted octanol–water partition coefficient (Wildman–Crippen LogP) is 2.69. The molecule has 0 saturated carbocycles. The molecule has 0 fully saturated rings. The minimum Gasteiger partial charge on any atom is -0.239 e. The molecule has 0 bridgehead atoms. The van der Waals surface area contributed by atoms with Gasteiger partial charge in [0.25, 0.3) is 0 Å². The van der Waals surface area contributed by atoms with Crippen molar-refractivity contribution in [2.24, 2.45) is 7.05 Å². The highest BCUT2D eigenvalue weighted by Gasteiger charge is 2.84. The fourth-order valence-corrected chi connectivity index (χ4v) is 1.15. The van der Waals surface area contributed by atoms with Crippen molar-refractivity contribution in [3.05, 3.63) is 18.7 Å². The van der Waals surface area contributed by atoms with Crippen LogP contribution < -0.4 is 4.57 Å². The molecule has 19 heavy (non-hydrogen) atoms. The van der Waals surface area contributed by atoms with Gasteiger partial charge in [-0.05, 0) is 0 Å². The van der Waals surface area contributed by atoms with Crippen LogP contribution in [0.4, 0.5) is 39.5 Å². The van der Waals surface area contributed by atoms with Crippen LogP contribution in [0.2, 0.25) is 0 Å². The van der Waals surface area contributed by atoms with Crippen molar-refractivity contribution in [1.82, 2.24) is 4.57 Å². The van der Waals surface area contributed by atoms with E-state index in [2.05, 4.69) is 0 Å². The van der Waals surface area contributed by atoms with E-state index in [0.29, 0.717) is 0 Å². The van der Waals surface area contributed by atoms with E-state index in [4.69, 9.17) is 0 Å². The first kappa shape index (κ1) is 15.6. The maximum Gasteiger partial charge on any atom is 0.469 e. The van der Waals surface area contributed by atoms with Crippen molar-refractivity contribution < 1.29 is 44.1 Å². The number of alkyl halides is 9. The zero-order chi connectivity index (χ0) is 15.3. The Labute approximate surface area is 99.6 Å². The van der Waals surface area contributed by atoms with Crippen LogP contribution in [0.1, 0.15) is 0 Å². The van der Waals surface area contributed by atoms with E-state index in [1.54, 1.807) is 0 Å². The normalized spacial score (nSPS) is 14.8. The molecule has 0 aromatic carbocycles. The van der Waals surface area contributed by atoms with Crippen molar-refractivity contribution in [3.8, 4) is 0 Å². The maximum absolute atomic E-state index is 13.2. The Kier molecular flexibility index (Phi) is 3.32. The van der Waals surface area contributed by atoms with E-state index in [9.17, 15) is 39.5 Å². The van der Waals surface area contributed by atoms with Crippen LogP contribution in [0.5, 0.6) is 0 Å². The second-order valence-corrected chi connectivity index (χ2v) is 3.67. The number of aryl methyl sites for hydroxylation is 1. The lowest BCUT2D eigenvalue weighted by molar-refractivity contribution is -0.672. The van der Waals surface area contributed by atoms with Gasteiger partial charge in [0.05, 0.1) is 7.05 Å². The fourth-order valence-electron chi connectivity index (χ4n) is 1.15. The molecule has 0 radical (unpaired) electrons. The zero-order valence-electron chi connectivity index (χ0n) is 9.03. The largest absolute Gasteiger partial charge is 0.469 e. The molecule has 1 aromatic heterocycles. The molecule has 0 atom stereocenters. The number of hydrogen-bond acceptors (Lipinski definition) is 0. The van der Waals surface area contributed by atoms with Gasteiger partial charge >= 0.3 is 24.1 Å². The Morgan fingerprint density at radius 3 is 1.63 bits per heavy atom. The van der Waals surface area contributed by atoms with Gasteiger partial charge in [0, 0.05) is 0 Å². The van der Waals surface area contributed by atoms with Crippen LogP contribution in [-0.4, -0.2) is 22.6 Å². The SMILES string of the molecule is C[n+]1ccn(C(F)(F)C(F)(F)C(F)(F)C(F)(F)F)c1. The van der Waals surface area contributed by atoms with Gasteiger partial charge in [-0.3, -0.25) is 0 Å². The first-order valence-electron chi connectivity index (χ1n) is 4.49. The summed E-state index contributed by atoms with van der Waals surface area (Å²) in [6, 6.07) is -5.76. The smallest absolute Gasteiger partial charge is 0.239 e. The second-order valence-electron chi connectivity index (χ2n) is 3.67. The third-order valence-corrected chi connectivity index (χ3v) is 2.22. The lowest BCUT2D eigenvalue weighted by Crippen LogP contribution is -2.61. The summed E-state index contributed by atoms with van der Waals surface area (Å²) in [5.41, 5.74) is 0. The molecule has 0 aliphatic heterocycles. The fraction of sp³-hybridized carbons (Fsp3) is 0.625. The summed E-state index contributed by atoms with van der Waals surface area (Å²) in [7, 11) is 1.09. The molecule has 0 spiro atoms. The van der Waals surface area contributed by atoms with Crippen molar-refractivity contribution in [2.45, 2.75) is 24.1 Å². The number of halogens is 9.